The fraction of sp³-hybridized carbons (Fsp3) is 0.400. The summed E-state index contributed by atoms with van der Waals surface area (Å²) in [6, 6.07) is 5.36. The van der Waals surface area contributed by atoms with Crippen LogP contribution in [0.3, 0.4) is 0 Å². The lowest BCUT2D eigenvalue weighted by atomic mass is 10.0. The van der Waals surface area contributed by atoms with Crippen LogP contribution in [-0.4, -0.2) is 17.8 Å². The summed E-state index contributed by atoms with van der Waals surface area (Å²) in [7, 11) is 0. The van der Waals surface area contributed by atoms with Crippen molar-refractivity contribution in [2.45, 2.75) is 18.6 Å². The lowest BCUT2D eigenvalue weighted by Crippen LogP contribution is -2.28. The molecule has 1 aliphatic rings. The van der Waals surface area contributed by atoms with Crippen molar-refractivity contribution in [2.75, 3.05) is 6.61 Å². The van der Waals surface area contributed by atoms with Gasteiger partial charge in [-0.25, -0.2) is 0 Å². The molecule has 0 spiro atoms. The molecule has 2 rings (SSSR count). The molecule has 0 fully saturated rings. The number of benzene rings is 1. The zero-order valence-electron chi connectivity index (χ0n) is 7.61. The average Bonchev–Trinajstić information content (AvgIpc) is 2.31. The van der Waals surface area contributed by atoms with E-state index in [-0.39, 0.29) is 6.04 Å². The standard InChI is InChI=1S/C10H12BrNO2/c11-7-3-1-2-6-9(13)8(12)4-5-14-10(6)7/h1-3,8-9,13H,4-5,12H2/t8-,9-/m1/s1. The molecule has 1 aliphatic heterocycles. The van der Waals surface area contributed by atoms with Crippen LogP contribution in [0.15, 0.2) is 22.7 Å². The van der Waals surface area contributed by atoms with Crippen LogP contribution in [0.5, 0.6) is 5.75 Å². The fourth-order valence-electron chi connectivity index (χ4n) is 1.60. The monoisotopic (exact) mass is 257 g/mol. The highest BCUT2D eigenvalue weighted by molar-refractivity contribution is 9.10. The number of fused-ring (bicyclic) bond motifs is 1. The van der Waals surface area contributed by atoms with Gasteiger partial charge in [0.1, 0.15) is 5.75 Å². The predicted molar refractivity (Wildman–Crippen MR) is 57.2 cm³/mol. The Bertz CT molecular complexity index is 343. The number of hydrogen-bond acceptors (Lipinski definition) is 3. The van der Waals surface area contributed by atoms with Gasteiger partial charge >= 0.3 is 0 Å². The van der Waals surface area contributed by atoms with Crippen molar-refractivity contribution in [3.8, 4) is 5.75 Å². The molecule has 76 valence electrons. The van der Waals surface area contributed by atoms with Gasteiger partial charge in [0.25, 0.3) is 0 Å². The van der Waals surface area contributed by atoms with Crippen molar-refractivity contribution in [3.05, 3.63) is 28.2 Å². The maximum atomic E-state index is 9.91. The first-order valence-electron chi connectivity index (χ1n) is 4.55. The van der Waals surface area contributed by atoms with Crippen LogP contribution < -0.4 is 10.5 Å². The van der Waals surface area contributed by atoms with E-state index in [0.29, 0.717) is 18.8 Å². The number of hydrogen-bond donors (Lipinski definition) is 2. The number of halogens is 1. The van der Waals surface area contributed by atoms with Crippen LogP contribution >= 0.6 is 15.9 Å². The van der Waals surface area contributed by atoms with E-state index in [1.807, 2.05) is 18.2 Å². The predicted octanol–water partition coefficient (Wildman–Crippen LogP) is 1.59. The highest BCUT2D eigenvalue weighted by atomic mass is 79.9. The molecule has 0 bridgehead atoms. The minimum Gasteiger partial charge on any atom is -0.492 e. The number of aliphatic hydroxyl groups excluding tert-OH is 1. The van der Waals surface area contributed by atoms with E-state index in [0.717, 1.165) is 10.0 Å². The Kier molecular flexibility index (Phi) is 2.76. The largest absolute Gasteiger partial charge is 0.492 e. The Morgan fingerprint density at radius 2 is 2.29 bits per heavy atom. The van der Waals surface area contributed by atoms with E-state index < -0.39 is 6.10 Å². The second-order valence-electron chi connectivity index (χ2n) is 3.40. The Hall–Kier alpha value is -0.580. The van der Waals surface area contributed by atoms with Crippen LogP contribution in [0.2, 0.25) is 0 Å². The van der Waals surface area contributed by atoms with Gasteiger partial charge < -0.3 is 15.6 Å². The zero-order valence-corrected chi connectivity index (χ0v) is 9.20. The zero-order chi connectivity index (χ0) is 10.1. The first kappa shape index (κ1) is 9.96. The second kappa shape index (κ2) is 3.88. The molecule has 1 heterocycles. The highest BCUT2D eigenvalue weighted by Gasteiger charge is 2.25. The molecule has 0 amide bonds. The van der Waals surface area contributed by atoms with Crippen LogP contribution in [-0.2, 0) is 0 Å². The summed E-state index contributed by atoms with van der Waals surface area (Å²) >= 11 is 3.39. The molecular weight excluding hydrogens is 246 g/mol. The van der Waals surface area contributed by atoms with Gasteiger partial charge in [-0.3, -0.25) is 0 Å². The molecule has 1 aromatic rings. The van der Waals surface area contributed by atoms with Gasteiger partial charge in [-0.15, -0.1) is 0 Å². The summed E-state index contributed by atoms with van der Waals surface area (Å²) in [5, 5.41) is 9.91. The quantitative estimate of drug-likeness (QED) is 0.743. The summed E-state index contributed by atoms with van der Waals surface area (Å²) in [5.74, 6) is 0.716. The number of rotatable bonds is 0. The lowest BCUT2D eigenvalue weighted by molar-refractivity contribution is 0.145. The van der Waals surface area contributed by atoms with Gasteiger partial charge in [0, 0.05) is 11.6 Å². The molecule has 0 saturated carbocycles. The second-order valence-corrected chi connectivity index (χ2v) is 4.26. The fourth-order valence-corrected chi connectivity index (χ4v) is 2.09. The maximum absolute atomic E-state index is 9.91. The van der Waals surface area contributed by atoms with Crippen molar-refractivity contribution in [1.29, 1.82) is 0 Å². The molecule has 0 aliphatic carbocycles. The molecule has 0 saturated heterocycles. The number of ether oxygens (including phenoxy) is 1. The highest BCUT2D eigenvalue weighted by Crippen LogP contribution is 2.36. The lowest BCUT2D eigenvalue weighted by Gasteiger charge is -2.16. The van der Waals surface area contributed by atoms with Gasteiger partial charge in [-0.05, 0) is 28.4 Å². The van der Waals surface area contributed by atoms with Gasteiger partial charge in [0.05, 0.1) is 17.2 Å². The summed E-state index contributed by atoms with van der Waals surface area (Å²) in [6.45, 7) is 0.549. The third kappa shape index (κ3) is 1.65. The molecule has 14 heavy (non-hydrogen) atoms. The SMILES string of the molecule is N[C@@H]1CCOc2c(Br)cccc2[C@H]1O. The smallest absolute Gasteiger partial charge is 0.139 e. The summed E-state index contributed by atoms with van der Waals surface area (Å²) in [6.07, 6.45) is 0.0347. The Morgan fingerprint density at radius 3 is 3.07 bits per heavy atom. The third-order valence-corrected chi connectivity index (χ3v) is 3.04. The van der Waals surface area contributed by atoms with Crippen molar-refractivity contribution < 1.29 is 9.84 Å². The van der Waals surface area contributed by atoms with Crippen LogP contribution in [0.4, 0.5) is 0 Å². The van der Waals surface area contributed by atoms with Crippen LogP contribution in [0, 0.1) is 0 Å². The van der Waals surface area contributed by atoms with Gasteiger partial charge in [-0.1, -0.05) is 12.1 Å². The van der Waals surface area contributed by atoms with E-state index >= 15 is 0 Å². The summed E-state index contributed by atoms with van der Waals surface area (Å²) in [5.41, 5.74) is 6.57. The minimum absolute atomic E-state index is 0.245. The molecule has 0 radical (unpaired) electrons. The van der Waals surface area contributed by atoms with Crippen molar-refractivity contribution in [2.24, 2.45) is 5.73 Å². The van der Waals surface area contributed by atoms with Crippen molar-refractivity contribution in [3.63, 3.8) is 0 Å². The van der Waals surface area contributed by atoms with E-state index in [4.69, 9.17) is 10.5 Å². The van der Waals surface area contributed by atoms with Crippen molar-refractivity contribution >= 4 is 15.9 Å². The molecule has 0 aromatic heterocycles. The number of aliphatic hydroxyl groups is 1. The first-order valence-corrected chi connectivity index (χ1v) is 5.34. The Morgan fingerprint density at radius 1 is 1.50 bits per heavy atom. The summed E-state index contributed by atoms with van der Waals surface area (Å²) in [4.78, 5) is 0. The first-order chi connectivity index (χ1) is 6.70. The van der Waals surface area contributed by atoms with Crippen LogP contribution in [0.1, 0.15) is 18.1 Å². The van der Waals surface area contributed by atoms with E-state index in [1.165, 1.54) is 0 Å². The Balaban J connectivity index is 2.48. The van der Waals surface area contributed by atoms with Gasteiger partial charge in [0.15, 0.2) is 0 Å². The molecule has 3 nitrogen and oxygen atoms in total. The normalized spacial score (nSPS) is 26.2. The Labute approximate surface area is 91.0 Å². The van der Waals surface area contributed by atoms with E-state index in [9.17, 15) is 5.11 Å². The van der Waals surface area contributed by atoms with Gasteiger partial charge in [0.2, 0.25) is 0 Å². The van der Waals surface area contributed by atoms with Gasteiger partial charge in [-0.2, -0.15) is 0 Å². The molecule has 0 unspecified atom stereocenters. The summed E-state index contributed by atoms with van der Waals surface area (Å²) < 4.78 is 6.40. The van der Waals surface area contributed by atoms with E-state index in [1.54, 1.807) is 0 Å². The number of para-hydroxylation sites is 1. The van der Waals surface area contributed by atoms with E-state index in [2.05, 4.69) is 15.9 Å². The molecule has 4 heteroatoms. The molecule has 2 atom stereocenters. The van der Waals surface area contributed by atoms with Crippen molar-refractivity contribution in [1.82, 2.24) is 0 Å². The number of nitrogens with two attached hydrogens (primary N) is 1. The van der Waals surface area contributed by atoms with Crippen LogP contribution in [0.25, 0.3) is 0 Å². The molecule has 3 N–H and O–H groups in total. The molecular formula is C10H12BrNO2. The minimum atomic E-state index is -0.634. The maximum Gasteiger partial charge on any atom is 0.139 e. The third-order valence-electron chi connectivity index (χ3n) is 2.42. The average molecular weight is 258 g/mol. The topological polar surface area (TPSA) is 55.5 Å². The molecule has 1 aromatic carbocycles.